The SMILES string of the molecule is COc1cccc(-n2nccn2)c1C(=O)N[C@H]1CCC[C@@H]1COc1ccc(Cl)cc1. The van der Waals surface area contributed by atoms with E-state index in [-0.39, 0.29) is 17.9 Å². The number of carbonyl (C=O) groups is 1. The van der Waals surface area contributed by atoms with E-state index in [2.05, 4.69) is 15.5 Å². The summed E-state index contributed by atoms with van der Waals surface area (Å²) in [6.45, 7) is 0.534. The van der Waals surface area contributed by atoms with E-state index in [1.54, 1.807) is 43.8 Å². The summed E-state index contributed by atoms with van der Waals surface area (Å²) in [5.41, 5.74) is 0.990. The second kappa shape index (κ2) is 9.17. The number of amides is 1. The first-order chi connectivity index (χ1) is 14.7. The summed E-state index contributed by atoms with van der Waals surface area (Å²) >= 11 is 5.93. The van der Waals surface area contributed by atoms with Crippen LogP contribution in [0.4, 0.5) is 0 Å². The molecule has 1 saturated carbocycles. The van der Waals surface area contributed by atoms with Gasteiger partial charge in [-0.25, -0.2) is 0 Å². The van der Waals surface area contributed by atoms with E-state index in [9.17, 15) is 4.79 Å². The van der Waals surface area contributed by atoms with Crippen LogP contribution in [0.15, 0.2) is 54.9 Å². The van der Waals surface area contributed by atoms with Gasteiger partial charge in [0.1, 0.15) is 22.7 Å². The van der Waals surface area contributed by atoms with Crippen molar-refractivity contribution in [3.05, 3.63) is 65.4 Å². The topological polar surface area (TPSA) is 78.3 Å². The van der Waals surface area contributed by atoms with Crippen molar-refractivity contribution >= 4 is 17.5 Å². The minimum atomic E-state index is -0.205. The summed E-state index contributed by atoms with van der Waals surface area (Å²) in [5, 5.41) is 12.2. The van der Waals surface area contributed by atoms with Crippen LogP contribution in [0.5, 0.6) is 11.5 Å². The number of hydrogen-bond donors (Lipinski definition) is 1. The maximum atomic E-state index is 13.2. The highest BCUT2D eigenvalue weighted by molar-refractivity contribution is 6.30. The molecule has 0 radical (unpaired) electrons. The van der Waals surface area contributed by atoms with Crippen LogP contribution in [0.2, 0.25) is 5.02 Å². The molecule has 2 atom stereocenters. The molecule has 3 aromatic rings. The Morgan fingerprint density at radius 3 is 2.67 bits per heavy atom. The van der Waals surface area contributed by atoms with Crippen molar-refractivity contribution < 1.29 is 14.3 Å². The molecule has 0 aliphatic heterocycles. The minimum Gasteiger partial charge on any atom is -0.496 e. The van der Waals surface area contributed by atoms with Gasteiger partial charge < -0.3 is 14.8 Å². The molecule has 1 aromatic heterocycles. The number of nitrogens with zero attached hydrogens (tertiary/aromatic N) is 3. The molecule has 2 aromatic carbocycles. The molecular formula is C22H23ClN4O3. The molecule has 0 spiro atoms. The van der Waals surface area contributed by atoms with Crippen molar-refractivity contribution in [3.8, 4) is 17.2 Å². The van der Waals surface area contributed by atoms with Crippen LogP contribution in [-0.2, 0) is 0 Å². The van der Waals surface area contributed by atoms with Gasteiger partial charge in [0.2, 0.25) is 0 Å². The van der Waals surface area contributed by atoms with Crippen LogP contribution in [0.1, 0.15) is 29.6 Å². The number of nitrogens with one attached hydrogen (secondary N) is 1. The van der Waals surface area contributed by atoms with Gasteiger partial charge >= 0.3 is 0 Å². The fraction of sp³-hybridized carbons (Fsp3) is 0.318. The van der Waals surface area contributed by atoms with Crippen molar-refractivity contribution in [1.82, 2.24) is 20.3 Å². The number of aromatic nitrogens is 3. The number of carbonyl (C=O) groups excluding carboxylic acids is 1. The van der Waals surface area contributed by atoms with Gasteiger partial charge in [-0.1, -0.05) is 24.1 Å². The summed E-state index contributed by atoms with van der Waals surface area (Å²) in [6, 6.07) is 12.7. The maximum absolute atomic E-state index is 13.2. The fourth-order valence-corrected chi connectivity index (χ4v) is 3.95. The largest absolute Gasteiger partial charge is 0.496 e. The lowest BCUT2D eigenvalue weighted by molar-refractivity contribution is 0.0915. The van der Waals surface area contributed by atoms with Gasteiger partial charge in [0, 0.05) is 17.0 Å². The lowest BCUT2D eigenvalue weighted by Gasteiger charge is -2.22. The quantitative estimate of drug-likeness (QED) is 0.619. The predicted octanol–water partition coefficient (Wildman–Crippen LogP) is 3.91. The zero-order chi connectivity index (χ0) is 20.9. The Hall–Kier alpha value is -3.06. The van der Waals surface area contributed by atoms with Crippen molar-refractivity contribution in [2.45, 2.75) is 25.3 Å². The third-order valence-corrected chi connectivity index (χ3v) is 5.59. The molecule has 0 saturated heterocycles. The Bertz CT molecular complexity index is 992. The van der Waals surface area contributed by atoms with Gasteiger partial charge in [-0.15, -0.1) is 0 Å². The summed E-state index contributed by atoms with van der Waals surface area (Å²) in [4.78, 5) is 14.7. The molecule has 1 amide bonds. The third-order valence-electron chi connectivity index (χ3n) is 5.34. The first-order valence-corrected chi connectivity index (χ1v) is 10.3. The summed E-state index contributed by atoms with van der Waals surface area (Å²) in [6.07, 6.45) is 6.09. The number of benzene rings is 2. The van der Waals surface area contributed by atoms with Gasteiger partial charge in [-0.3, -0.25) is 4.79 Å². The first kappa shape index (κ1) is 20.2. The second-order valence-corrected chi connectivity index (χ2v) is 7.65. The molecule has 7 nitrogen and oxygen atoms in total. The molecule has 4 rings (SSSR count). The van der Waals surface area contributed by atoms with Gasteiger partial charge in [-0.2, -0.15) is 15.0 Å². The van der Waals surface area contributed by atoms with Crippen LogP contribution in [0.25, 0.3) is 5.69 Å². The standard InChI is InChI=1S/C22H23ClN4O3/c1-29-20-7-3-6-19(27-24-12-13-25-27)21(20)22(28)26-18-5-2-4-15(18)14-30-17-10-8-16(23)9-11-17/h3,6-13,15,18H,2,4-5,14H2,1H3,(H,26,28)/t15-,18+/m1/s1. The van der Waals surface area contributed by atoms with Crippen LogP contribution in [0, 0.1) is 5.92 Å². The lowest BCUT2D eigenvalue weighted by Crippen LogP contribution is -2.40. The number of methoxy groups -OCH3 is 1. The molecule has 0 bridgehead atoms. The van der Waals surface area contributed by atoms with E-state index in [1.165, 1.54) is 4.80 Å². The van der Waals surface area contributed by atoms with Crippen LogP contribution in [0.3, 0.4) is 0 Å². The molecule has 1 aliphatic rings. The normalized spacial score (nSPS) is 18.2. The van der Waals surface area contributed by atoms with Crippen molar-refractivity contribution in [3.63, 3.8) is 0 Å². The molecule has 8 heteroatoms. The zero-order valence-corrected chi connectivity index (χ0v) is 17.4. The van der Waals surface area contributed by atoms with Gasteiger partial charge in [-0.05, 0) is 49.2 Å². The lowest BCUT2D eigenvalue weighted by atomic mass is 10.0. The molecule has 1 fully saturated rings. The number of halogens is 1. The average Bonchev–Trinajstić information content (AvgIpc) is 3.45. The third kappa shape index (κ3) is 4.41. The van der Waals surface area contributed by atoms with Crippen molar-refractivity contribution in [1.29, 1.82) is 0 Å². The number of hydrogen-bond acceptors (Lipinski definition) is 5. The van der Waals surface area contributed by atoms with E-state index in [0.717, 1.165) is 25.0 Å². The van der Waals surface area contributed by atoms with E-state index in [4.69, 9.17) is 21.1 Å². The highest BCUT2D eigenvalue weighted by atomic mass is 35.5. The summed E-state index contributed by atoms with van der Waals surface area (Å²) in [7, 11) is 1.55. The number of ether oxygens (including phenoxy) is 2. The molecular weight excluding hydrogens is 404 g/mol. The smallest absolute Gasteiger partial charge is 0.257 e. The highest BCUT2D eigenvalue weighted by Gasteiger charge is 2.31. The summed E-state index contributed by atoms with van der Waals surface area (Å²) in [5.74, 6) is 1.27. The van der Waals surface area contributed by atoms with Crippen molar-refractivity contribution in [2.24, 2.45) is 5.92 Å². The van der Waals surface area contributed by atoms with Gasteiger partial charge in [0.25, 0.3) is 5.91 Å². The zero-order valence-electron chi connectivity index (χ0n) is 16.6. The second-order valence-electron chi connectivity index (χ2n) is 7.21. The molecule has 0 unspecified atom stereocenters. The summed E-state index contributed by atoms with van der Waals surface area (Å²) < 4.78 is 11.4. The Labute approximate surface area is 179 Å². The Kier molecular flexibility index (Phi) is 6.18. The molecule has 30 heavy (non-hydrogen) atoms. The van der Waals surface area contributed by atoms with Crippen LogP contribution in [-0.4, -0.2) is 40.7 Å². The molecule has 1 heterocycles. The van der Waals surface area contributed by atoms with Crippen LogP contribution >= 0.6 is 11.6 Å². The fourth-order valence-electron chi connectivity index (χ4n) is 3.83. The van der Waals surface area contributed by atoms with E-state index >= 15 is 0 Å². The average molecular weight is 427 g/mol. The predicted molar refractivity (Wildman–Crippen MR) is 113 cm³/mol. The first-order valence-electron chi connectivity index (χ1n) is 9.88. The monoisotopic (exact) mass is 426 g/mol. The Morgan fingerprint density at radius 2 is 1.93 bits per heavy atom. The van der Waals surface area contributed by atoms with Crippen molar-refractivity contribution in [2.75, 3.05) is 13.7 Å². The minimum absolute atomic E-state index is 0.0214. The van der Waals surface area contributed by atoms with Gasteiger partial charge in [0.05, 0.1) is 26.1 Å². The van der Waals surface area contributed by atoms with E-state index < -0.39 is 0 Å². The molecule has 156 valence electrons. The number of rotatable bonds is 7. The van der Waals surface area contributed by atoms with E-state index in [0.29, 0.717) is 28.6 Å². The van der Waals surface area contributed by atoms with Gasteiger partial charge in [0.15, 0.2) is 0 Å². The molecule has 1 N–H and O–H groups in total. The Morgan fingerprint density at radius 1 is 1.17 bits per heavy atom. The Balaban J connectivity index is 1.48. The van der Waals surface area contributed by atoms with Crippen LogP contribution < -0.4 is 14.8 Å². The van der Waals surface area contributed by atoms with E-state index in [1.807, 2.05) is 18.2 Å². The molecule has 1 aliphatic carbocycles. The highest BCUT2D eigenvalue weighted by Crippen LogP contribution is 2.29. The maximum Gasteiger partial charge on any atom is 0.257 e.